The molecule has 19 heavy (non-hydrogen) atoms. The lowest BCUT2D eigenvalue weighted by atomic mass is 9.88. The first-order valence-corrected chi connectivity index (χ1v) is 7.25. The van der Waals surface area contributed by atoms with Crippen molar-refractivity contribution in [2.24, 2.45) is 5.41 Å². The van der Waals surface area contributed by atoms with E-state index in [-0.39, 0.29) is 11.2 Å². The maximum Gasteiger partial charge on any atom is 0.162 e. The van der Waals surface area contributed by atoms with Crippen molar-refractivity contribution in [3.8, 4) is 0 Å². The Labute approximate surface area is 117 Å². The number of carbonyl (C=O) groups excluding carboxylic acids is 1. The summed E-state index contributed by atoms with van der Waals surface area (Å²) in [5.74, 6) is 0.251. The van der Waals surface area contributed by atoms with Crippen molar-refractivity contribution in [3.63, 3.8) is 0 Å². The van der Waals surface area contributed by atoms with E-state index in [1.165, 1.54) is 5.69 Å². The summed E-state index contributed by atoms with van der Waals surface area (Å²) in [7, 11) is 0. The lowest BCUT2D eigenvalue weighted by Gasteiger charge is -2.21. The smallest absolute Gasteiger partial charge is 0.162 e. The minimum absolute atomic E-state index is 0.219. The van der Waals surface area contributed by atoms with Crippen LogP contribution >= 0.6 is 0 Å². The molecule has 1 aromatic carbocycles. The highest BCUT2D eigenvalue weighted by Gasteiger charge is 2.14. The van der Waals surface area contributed by atoms with Gasteiger partial charge < -0.3 is 4.90 Å². The molecule has 2 heteroatoms. The van der Waals surface area contributed by atoms with Crippen LogP contribution in [-0.4, -0.2) is 18.9 Å². The zero-order valence-corrected chi connectivity index (χ0v) is 13.0. The molecule has 0 saturated carbocycles. The van der Waals surface area contributed by atoms with Gasteiger partial charge in [-0.1, -0.05) is 20.8 Å². The maximum absolute atomic E-state index is 12.1. The molecule has 0 aromatic heterocycles. The van der Waals surface area contributed by atoms with Gasteiger partial charge in [0.25, 0.3) is 0 Å². The summed E-state index contributed by atoms with van der Waals surface area (Å²) in [6.07, 6.45) is 1.57. The Morgan fingerprint density at radius 2 is 1.58 bits per heavy atom. The maximum atomic E-state index is 12.1. The van der Waals surface area contributed by atoms with Gasteiger partial charge in [-0.3, -0.25) is 4.79 Å². The van der Waals surface area contributed by atoms with E-state index in [0.717, 1.165) is 25.1 Å². The Bertz CT molecular complexity index is 396. The first-order valence-electron chi connectivity index (χ1n) is 7.25. The monoisotopic (exact) mass is 261 g/mol. The molecule has 0 aliphatic rings. The van der Waals surface area contributed by atoms with E-state index in [4.69, 9.17) is 0 Å². The minimum atomic E-state index is 0.219. The highest BCUT2D eigenvalue weighted by Crippen LogP contribution is 2.23. The molecule has 0 aliphatic heterocycles. The van der Waals surface area contributed by atoms with Crippen molar-refractivity contribution < 1.29 is 4.79 Å². The Morgan fingerprint density at radius 1 is 1.05 bits per heavy atom. The molecule has 0 unspecified atom stereocenters. The van der Waals surface area contributed by atoms with Crippen molar-refractivity contribution in [1.29, 1.82) is 0 Å². The van der Waals surface area contributed by atoms with E-state index in [1.54, 1.807) is 0 Å². The number of ketones is 1. The molecule has 0 saturated heterocycles. The van der Waals surface area contributed by atoms with Gasteiger partial charge in [-0.05, 0) is 49.9 Å². The minimum Gasteiger partial charge on any atom is -0.372 e. The summed E-state index contributed by atoms with van der Waals surface area (Å²) >= 11 is 0. The van der Waals surface area contributed by atoms with Crippen LogP contribution in [0.2, 0.25) is 0 Å². The summed E-state index contributed by atoms with van der Waals surface area (Å²) in [5.41, 5.74) is 2.24. The molecule has 2 nitrogen and oxygen atoms in total. The second-order valence-corrected chi connectivity index (χ2v) is 6.20. The number of anilines is 1. The molecular weight excluding hydrogens is 234 g/mol. The van der Waals surface area contributed by atoms with Crippen molar-refractivity contribution in [1.82, 2.24) is 0 Å². The average Bonchev–Trinajstić information content (AvgIpc) is 2.37. The van der Waals surface area contributed by atoms with Gasteiger partial charge >= 0.3 is 0 Å². The summed E-state index contributed by atoms with van der Waals surface area (Å²) in [6.45, 7) is 12.8. The summed E-state index contributed by atoms with van der Waals surface area (Å²) < 4.78 is 0. The fourth-order valence-electron chi connectivity index (χ4n) is 2.08. The van der Waals surface area contributed by atoms with Gasteiger partial charge in [0, 0.05) is 30.8 Å². The molecule has 106 valence electrons. The predicted octanol–water partition coefficient (Wildman–Crippen LogP) is 4.54. The standard InChI is InChI=1S/C17H27NO/c1-6-18(7-2)15-10-8-14(9-11-15)16(19)12-13-17(3,4)5/h8-11H,6-7,12-13H2,1-5H3. The van der Waals surface area contributed by atoms with Crippen LogP contribution in [0.3, 0.4) is 0 Å². The first-order chi connectivity index (χ1) is 8.87. The average molecular weight is 261 g/mol. The SMILES string of the molecule is CCN(CC)c1ccc(C(=O)CCC(C)(C)C)cc1. The van der Waals surface area contributed by atoms with Gasteiger partial charge in [-0.2, -0.15) is 0 Å². The van der Waals surface area contributed by atoms with Crippen LogP contribution in [0.5, 0.6) is 0 Å². The molecule has 0 heterocycles. The normalized spacial score (nSPS) is 11.4. The van der Waals surface area contributed by atoms with Crippen molar-refractivity contribution in [2.45, 2.75) is 47.5 Å². The lowest BCUT2D eigenvalue weighted by Crippen LogP contribution is -2.21. The molecule has 0 amide bonds. The van der Waals surface area contributed by atoms with E-state index < -0.39 is 0 Å². The highest BCUT2D eigenvalue weighted by atomic mass is 16.1. The van der Waals surface area contributed by atoms with Crippen molar-refractivity contribution in [3.05, 3.63) is 29.8 Å². The molecule has 0 N–H and O–H groups in total. The number of nitrogens with zero attached hydrogens (tertiary/aromatic N) is 1. The zero-order valence-electron chi connectivity index (χ0n) is 13.0. The summed E-state index contributed by atoms with van der Waals surface area (Å²) in [4.78, 5) is 14.4. The molecule has 0 radical (unpaired) electrons. The number of rotatable bonds is 6. The van der Waals surface area contributed by atoms with Crippen LogP contribution in [0.25, 0.3) is 0 Å². The number of benzene rings is 1. The van der Waals surface area contributed by atoms with Gasteiger partial charge in [0.1, 0.15) is 0 Å². The third-order valence-corrected chi connectivity index (χ3v) is 3.42. The third-order valence-electron chi connectivity index (χ3n) is 3.42. The molecule has 0 aliphatic carbocycles. The summed E-state index contributed by atoms with van der Waals surface area (Å²) in [6, 6.07) is 8.02. The van der Waals surface area contributed by atoms with Crippen LogP contribution in [0.1, 0.15) is 57.8 Å². The van der Waals surface area contributed by atoms with E-state index in [2.05, 4.69) is 51.7 Å². The zero-order chi connectivity index (χ0) is 14.5. The van der Waals surface area contributed by atoms with Gasteiger partial charge in [0.15, 0.2) is 5.78 Å². The van der Waals surface area contributed by atoms with E-state index in [0.29, 0.717) is 6.42 Å². The highest BCUT2D eigenvalue weighted by molar-refractivity contribution is 5.96. The lowest BCUT2D eigenvalue weighted by molar-refractivity contribution is 0.0966. The first kappa shape index (κ1) is 15.7. The topological polar surface area (TPSA) is 20.3 Å². The van der Waals surface area contributed by atoms with Crippen molar-refractivity contribution >= 4 is 11.5 Å². The predicted molar refractivity (Wildman–Crippen MR) is 83.0 cm³/mol. The van der Waals surface area contributed by atoms with E-state index >= 15 is 0 Å². The largest absolute Gasteiger partial charge is 0.372 e. The Kier molecular flexibility index (Phi) is 5.59. The van der Waals surface area contributed by atoms with Crippen LogP contribution < -0.4 is 4.90 Å². The fraction of sp³-hybridized carbons (Fsp3) is 0.588. The van der Waals surface area contributed by atoms with Crippen molar-refractivity contribution in [2.75, 3.05) is 18.0 Å². The molecule has 1 aromatic rings. The number of hydrogen-bond acceptors (Lipinski definition) is 2. The van der Waals surface area contributed by atoms with E-state index in [1.807, 2.05) is 12.1 Å². The van der Waals surface area contributed by atoms with Crippen LogP contribution in [-0.2, 0) is 0 Å². The van der Waals surface area contributed by atoms with Crippen LogP contribution in [0, 0.1) is 5.41 Å². The molecule has 0 spiro atoms. The molecule has 0 atom stereocenters. The van der Waals surface area contributed by atoms with Crippen LogP contribution in [0.15, 0.2) is 24.3 Å². The number of hydrogen-bond donors (Lipinski definition) is 0. The van der Waals surface area contributed by atoms with E-state index in [9.17, 15) is 4.79 Å². The summed E-state index contributed by atoms with van der Waals surface area (Å²) in [5, 5.41) is 0. The van der Waals surface area contributed by atoms with Gasteiger partial charge in [0.2, 0.25) is 0 Å². The third kappa shape index (κ3) is 5.06. The van der Waals surface area contributed by atoms with Gasteiger partial charge in [-0.15, -0.1) is 0 Å². The fourth-order valence-corrected chi connectivity index (χ4v) is 2.08. The molecular formula is C17H27NO. The molecule has 1 rings (SSSR count). The van der Waals surface area contributed by atoms with Crippen LogP contribution in [0.4, 0.5) is 5.69 Å². The quantitative estimate of drug-likeness (QED) is 0.701. The Balaban J connectivity index is 2.68. The number of Topliss-reactive ketones (excluding diaryl/α,β-unsaturated/α-hetero) is 1. The van der Waals surface area contributed by atoms with Gasteiger partial charge in [-0.25, -0.2) is 0 Å². The number of carbonyl (C=O) groups is 1. The Morgan fingerprint density at radius 3 is 2.00 bits per heavy atom. The second kappa shape index (κ2) is 6.74. The molecule has 0 bridgehead atoms. The second-order valence-electron chi connectivity index (χ2n) is 6.20. The molecule has 0 fully saturated rings. The van der Waals surface area contributed by atoms with Gasteiger partial charge in [0.05, 0.1) is 0 Å². The Hall–Kier alpha value is -1.31.